The molecule has 1 fully saturated rings. The van der Waals surface area contributed by atoms with Crippen molar-refractivity contribution in [2.24, 2.45) is 0 Å². The number of hydrogen-bond acceptors (Lipinski definition) is 6. The summed E-state index contributed by atoms with van der Waals surface area (Å²) in [5, 5.41) is 3.08. The lowest BCUT2D eigenvalue weighted by molar-refractivity contribution is -0.139. The van der Waals surface area contributed by atoms with Gasteiger partial charge in [0.15, 0.2) is 0 Å². The second-order valence-electron chi connectivity index (χ2n) is 10.6. The summed E-state index contributed by atoms with van der Waals surface area (Å²) in [6.45, 7) is 3.14. The van der Waals surface area contributed by atoms with E-state index < -0.39 is 28.5 Å². The van der Waals surface area contributed by atoms with E-state index in [4.69, 9.17) is 9.47 Å². The van der Waals surface area contributed by atoms with Crippen LogP contribution in [0, 0.1) is 6.92 Å². The summed E-state index contributed by atoms with van der Waals surface area (Å²) in [6.07, 6.45) is 3.92. The molecule has 42 heavy (non-hydrogen) atoms. The number of aryl methyl sites for hydroxylation is 1. The van der Waals surface area contributed by atoms with Gasteiger partial charge in [-0.05, 0) is 68.7 Å². The van der Waals surface area contributed by atoms with Gasteiger partial charge < -0.3 is 19.7 Å². The van der Waals surface area contributed by atoms with Crippen molar-refractivity contribution < 1.29 is 27.5 Å². The SMILES string of the molecule is COc1ccc(CN(C(=O)CN(c2cccc(OC)c2)S(=O)(=O)c2ccc(C)cc2)[C@H](C)C(=O)NC2CCCC2)cc1. The first kappa shape index (κ1) is 30.9. The Morgan fingerprint density at radius 1 is 0.929 bits per heavy atom. The highest BCUT2D eigenvalue weighted by Gasteiger charge is 2.33. The van der Waals surface area contributed by atoms with Crippen LogP contribution in [0.25, 0.3) is 0 Å². The van der Waals surface area contributed by atoms with Gasteiger partial charge in [-0.25, -0.2) is 8.42 Å². The number of methoxy groups -OCH3 is 2. The van der Waals surface area contributed by atoms with Crippen LogP contribution >= 0.6 is 0 Å². The van der Waals surface area contributed by atoms with Crippen molar-refractivity contribution in [1.82, 2.24) is 10.2 Å². The molecule has 1 saturated carbocycles. The molecule has 1 aliphatic rings. The fourth-order valence-corrected chi connectivity index (χ4v) is 6.44. The van der Waals surface area contributed by atoms with Crippen molar-refractivity contribution >= 4 is 27.5 Å². The van der Waals surface area contributed by atoms with Crippen molar-refractivity contribution in [3.8, 4) is 11.5 Å². The van der Waals surface area contributed by atoms with Crippen LogP contribution in [0.2, 0.25) is 0 Å². The van der Waals surface area contributed by atoms with Gasteiger partial charge in [-0.1, -0.05) is 48.7 Å². The van der Waals surface area contributed by atoms with E-state index in [0.29, 0.717) is 11.5 Å². The third kappa shape index (κ3) is 7.42. The minimum absolute atomic E-state index is 0.0532. The molecular formula is C32H39N3O6S. The highest BCUT2D eigenvalue weighted by Crippen LogP contribution is 2.28. The molecule has 0 saturated heterocycles. The van der Waals surface area contributed by atoms with Gasteiger partial charge in [-0.2, -0.15) is 0 Å². The fourth-order valence-electron chi connectivity index (χ4n) is 5.03. The molecule has 0 unspecified atom stereocenters. The highest BCUT2D eigenvalue weighted by molar-refractivity contribution is 7.92. The maximum atomic E-state index is 14.1. The summed E-state index contributed by atoms with van der Waals surface area (Å²) in [6, 6.07) is 19.5. The number of anilines is 1. The number of benzene rings is 3. The van der Waals surface area contributed by atoms with Crippen LogP contribution in [0.15, 0.2) is 77.7 Å². The number of hydrogen-bond donors (Lipinski definition) is 1. The first-order valence-corrected chi connectivity index (χ1v) is 15.5. The lowest BCUT2D eigenvalue weighted by Gasteiger charge is -2.32. The predicted molar refractivity (Wildman–Crippen MR) is 162 cm³/mol. The molecule has 4 rings (SSSR count). The molecule has 3 aromatic rings. The predicted octanol–water partition coefficient (Wildman–Crippen LogP) is 4.68. The fraction of sp³-hybridized carbons (Fsp3) is 0.375. The van der Waals surface area contributed by atoms with E-state index in [-0.39, 0.29) is 29.1 Å². The highest BCUT2D eigenvalue weighted by atomic mass is 32.2. The molecule has 3 aromatic carbocycles. The van der Waals surface area contributed by atoms with Crippen LogP contribution in [0.3, 0.4) is 0 Å². The van der Waals surface area contributed by atoms with Gasteiger partial charge in [0.1, 0.15) is 24.1 Å². The summed E-state index contributed by atoms with van der Waals surface area (Å²) < 4.78 is 39.6. The average molecular weight is 594 g/mol. The summed E-state index contributed by atoms with van der Waals surface area (Å²) in [7, 11) is -1.10. The van der Waals surface area contributed by atoms with Crippen molar-refractivity contribution in [3.05, 3.63) is 83.9 Å². The molecule has 0 aliphatic heterocycles. The summed E-state index contributed by atoms with van der Waals surface area (Å²) in [5.74, 6) is 0.331. The Morgan fingerprint density at radius 3 is 2.19 bits per heavy atom. The monoisotopic (exact) mass is 593 g/mol. The Kier molecular flexibility index (Phi) is 10.1. The Balaban J connectivity index is 1.69. The third-order valence-electron chi connectivity index (χ3n) is 7.61. The quantitative estimate of drug-likeness (QED) is 0.327. The van der Waals surface area contributed by atoms with Gasteiger partial charge in [0.25, 0.3) is 10.0 Å². The van der Waals surface area contributed by atoms with Crippen LogP contribution in [-0.4, -0.2) is 58.0 Å². The molecule has 0 radical (unpaired) electrons. The molecule has 2 amide bonds. The molecule has 1 aliphatic carbocycles. The smallest absolute Gasteiger partial charge is 0.264 e. The van der Waals surface area contributed by atoms with E-state index in [1.54, 1.807) is 62.6 Å². The minimum Gasteiger partial charge on any atom is -0.497 e. The Labute approximate surface area is 248 Å². The van der Waals surface area contributed by atoms with E-state index in [0.717, 1.165) is 41.1 Å². The Bertz CT molecular complexity index is 1470. The van der Waals surface area contributed by atoms with E-state index in [2.05, 4.69) is 5.32 Å². The van der Waals surface area contributed by atoms with Crippen molar-refractivity contribution in [1.29, 1.82) is 0 Å². The second-order valence-corrected chi connectivity index (χ2v) is 12.4. The first-order chi connectivity index (χ1) is 20.1. The topological polar surface area (TPSA) is 105 Å². The van der Waals surface area contributed by atoms with Crippen LogP contribution in [0.4, 0.5) is 5.69 Å². The number of nitrogens with zero attached hydrogens (tertiary/aromatic N) is 2. The summed E-state index contributed by atoms with van der Waals surface area (Å²) in [4.78, 5) is 28.9. The first-order valence-electron chi connectivity index (χ1n) is 14.1. The lowest BCUT2D eigenvalue weighted by atomic mass is 10.1. The normalized spacial score (nSPS) is 14.2. The van der Waals surface area contributed by atoms with E-state index in [9.17, 15) is 18.0 Å². The van der Waals surface area contributed by atoms with Crippen LogP contribution in [0.5, 0.6) is 11.5 Å². The number of rotatable bonds is 12. The standard InChI is InChI=1S/C32H39N3O6S/c1-23-12-18-30(19-13-23)42(38,39)35(27-10-7-11-29(20-27)41-4)22-31(36)34(21-25-14-16-28(40-3)17-15-25)24(2)32(37)33-26-8-5-6-9-26/h7,10-20,24,26H,5-6,8-9,21-22H2,1-4H3,(H,33,37)/t24-/m1/s1. The van der Waals surface area contributed by atoms with Gasteiger partial charge in [-0.15, -0.1) is 0 Å². The third-order valence-corrected chi connectivity index (χ3v) is 9.40. The number of ether oxygens (including phenoxy) is 2. The van der Waals surface area contributed by atoms with Gasteiger partial charge in [-0.3, -0.25) is 13.9 Å². The zero-order valence-electron chi connectivity index (χ0n) is 24.6. The van der Waals surface area contributed by atoms with Crippen molar-refractivity contribution in [3.63, 3.8) is 0 Å². The minimum atomic E-state index is -4.16. The number of nitrogens with one attached hydrogen (secondary N) is 1. The average Bonchev–Trinajstić information content (AvgIpc) is 3.51. The van der Waals surface area contributed by atoms with Crippen molar-refractivity contribution in [2.45, 2.75) is 63.1 Å². The van der Waals surface area contributed by atoms with Gasteiger partial charge in [0.2, 0.25) is 11.8 Å². The largest absolute Gasteiger partial charge is 0.497 e. The van der Waals surface area contributed by atoms with E-state index in [1.165, 1.54) is 24.1 Å². The maximum absolute atomic E-state index is 14.1. The molecule has 0 bridgehead atoms. The zero-order valence-corrected chi connectivity index (χ0v) is 25.4. The number of sulfonamides is 1. The number of amides is 2. The van der Waals surface area contributed by atoms with Gasteiger partial charge >= 0.3 is 0 Å². The molecule has 0 heterocycles. The molecule has 10 heteroatoms. The lowest BCUT2D eigenvalue weighted by Crippen LogP contribution is -2.52. The Morgan fingerprint density at radius 2 is 1.57 bits per heavy atom. The molecule has 9 nitrogen and oxygen atoms in total. The maximum Gasteiger partial charge on any atom is 0.264 e. The number of carbonyl (C=O) groups is 2. The van der Waals surface area contributed by atoms with Crippen molar-refractivity contribution in [2.75, 3.05) is 25.1 Å². The van der Waals surface area contributed by atoms with Gasteiger partial charge in [0.05, 0.1) is 24.8 Å². The molecular weight excluding hydrogens is 554 g/mol. The van der Waals surface area contributed by atoms with Crippen LogP contribution in [0.1, 0.15) is 43.7 Å². The second kappa shape index (κ2) is 13.7. The van der Waals surface area contributed by atoms with Crippen LogP contribution < -0.4 is 19.1 Å². The van der Waals surface area contributed by atoms with E-state index >= 15 is 0 Å². The molecule has 0 aromatic heterocycles. The molecule has 0 spiro atoms. The van der Waals surface area contributed by atoms with Crippen LogP contribution in [-0.2, 0) is 26.2 Å². The summed E-state index contributed by atoms with van der Waals surface area (Å²) >= 11 is 0. The van der Waals surface area contributed by atoms with Gasteiger partial charge in [0, 0.05) is 18.7 Å². The number of carbonyl (C=O) groups excluding carboxylic acids is 2. The Hall–Kier alpha value is -4.05. The molecule has 1 N–H and O–H groups in total. The molecule has 224 valence electrons. The zero-order chi connectivity index (χ0) is 30.3. The molecule has 1 atom stereocenters. The van der Waals surface area contributed by atoms with E-state index in [1.807, 2.05) is 19.1 Å². The summed E-state index contributed by atoms with van der Waals surface area (Å²) in [5.41, 5.74) is 1.96.